The van der Waals surface area contributed by atoms with Crippen LogP contribution < -0.4 is 5.32 Å². The number of ether oxygens (including phenoxy) is 1. The summed E-state index contributed by atoms with van der Waals surface area (Å²) in [4.78, 5) is 25.9. The van der Waals surface area contributed by atoms with Gasteiger partial charge in [-0.15, -0.1) is 0 Å². The third kappa shape index (κ3) is 3.73. The topological polar surface area (TPSA) is 63.6 Å². The van der Waals surface area contributed by atoms with E-state index in [1.165, 1.54) is 0 Å². The lowest BCUT2D eigenvalue weighted by Crippen LogP contribution is -2.36. The number of carbonyl (C=O) groups is 2. The van der Waals surface area contributed by atoms with Crippen LogP contribution in [0.25, 0.3) is 10.9 Å². The number of hydrogen-bond acceptors (Lipinski definition) is 3. The second-order valence-electron chi connectivity index (χ2n) is 7.73. The molecule has 0 radical (unpaired) electrons. The van der Waals surface area contributed by atoms with Crippen molar-refractivity contribution < 1.29 is 14.3 Å². The Morgan fingerprint density at radius 3 is 2.48 bits per heavy atom. The van der Waals surface area contributed by atoms with E-state index in [4.69, 9.17) is 27.9 Å². The van der Waals surface area contributed by atoms with Gasteiger partial charge in [-0.1, -0.05) is 23.2 Å². The van der Waals surface area contributed by atoms with Gasteiger partial charge in [0.25, 0.3) is 0 Å². The number of benzene rings is 1. The minimum atomic E-state index is -0.615. The number of fused-ring (bicyclic) bond motifs is 3. The molecule has 2 amide bonds. The van der Waals surface area contributed by atoms with Crippen LogP contribution in [0.5, 0.6) is 0 Å². The fourth-order valence-corrected chi connectivity index (χ4v) is 3.89. The van der Waals surface area contributed by atoms with E-state index in [9.17, 15) is 9.59 Å². The van der Waals surface area contributed by atoms with Gasteiger partial charge in [-0.05, 0) is 39.3 Å². The number of carbonyl (C=O) groups excluding carboxylic acids is 2. The Kier molecular flexibility index (Phi) is 5.08. The highest BCUT2D eigenvalue weighted by Gasteiger charge is 2.27. The monoisotopic (exact) mass is 411 g/mol. The molecule has 3 rings (SSSR count). The molecule has 0 unspecified atom stereocenters. The van der Waals surface area contributed by atoms with Crippen molar-refractivity contribution in [3.63, 3.8) is 0 Å². The second kappa shape index (κ2) is 6.91. The minimum absolute atomic E-state index is 0.0298. The van der Waals surface area contributed by atoms with Gasteiger partial charge in [0.2, 0.25) is 5.91 Å². The number of nitrogens with one attached hydrogen (secondary N) is 1. The van der Waals surface area contributed by atoms with Crippen LogP contribution in [-0.2, 0) is 22.6 Å². The highest BCUT2D eigenvalue weighted by Crippen LogP contribution is 2.42. The van der Waals surface area contributed by atoms with E-state index in [1.54, 1.807) is 38.7 Å². The van der Waals surface area contributed by atoms with Crippen molar-refractivity contribution in [2.75, 3.05) is 11.9 Å². The molecule has 0 saturated carbocycles. The van der Waals surface area contributed by atoms with Crippen LogP contribution in [0.1, 0.15) is 39.0 Å². The van der Waals surface area contributed by atoms with Crippen molar-refractivity contribution >= 4 is 51.8 Å². The summed E-state index contributed by atoms with van der Waals surface area (Å²) in [6.07, 6.45) is -0.559. The van der Waals surface area contributed by atoms with Crippen LogP contribution in [0.3, 0.4) is 0 Å². The lowest BCUT2D eigenvalue weighted by Gasteiger charge is -2.28. The number of amides is 2. The number of halogens is 2. The summed E-state index contributed by atoms with van der Waals surface area (Å²) >= 11 is 12.9. The van der Waals surface area contributed by atoms with Gasteiger partial charge in [0.1, 0.15) is 5.60 Å². The van der Waals surface area contributed by atoms with E-state index in [0.717, 1.165) is 22.2 Å². The molecule has 0 aliphatic carbocycles. The van der Waals surface area contributed by atoms with Gasteiger partial charge in [-0.2, -0.15) is 0 Å². The summed E-state index contributed by atoms with van der Waals surface area (Å²) in [5.74, 6) is 0.0298. The van der Waals surface area contributed by atoms with Crippen LogP contribution in [0, 0.1) is 6.92 Å². The number of anilines is 1. The molecule has 1 aromatic heterocycles. The number of hydrogen-bond donors (Lipinski definition) is 1. The Labute approximate surface area is 168 Å². The van der Waals surface area contributed by atoms with E-state index in [-0.39, 0.29) is 5.91 Å². The molecule has 1 aliphatic heterocycles. The molecule has 2 aromatic rings. The fourth-order valence-electron chi connectivity index (χ4n) is 3.44. The zero-order valence-electron chi connectivity index (χ0n) is 16.1. The smallest absolute Gasteiger partial charge is 0.412 e. The van der Waals surface area contributed by atoms with Crippen molar-refractivity contribution in [1.82, 2.24) is 9.47 Å². The van der Waals surface area contributed by atoms with Gasteiger partial charge in [0, 0.05) is 31.1 Å². The number of aryl methyl sites for hydroxylation is 1. The maximum absolute atomic E-state index is 12.3. The van der Waals surface area contributed by atoms with Gasteiger partial charge >= 0.3 is 6.09 Å². The molecular formula is C19H23Cl2N3O3. The Bertz CT molecular complexity index is 944. The third-order valence-corrected chi connectivity index (χ3v) is 5.39. The van der Waals surface area contributed by atoms with Crippen LogP contribution in [-0.4, -0.2) is 33.6 Å². The first-order chi connectivity index (χ1) is 12.5. The first kappa shape index (κ1) is 19.8. The zero-order chi connectivity index (χ0) is 20.1. The minimum Gasteiger partial charge on any atom is -0.444 e. The molecule has 0 saturated heterocycles. The fraction of sp³-hybridized carbons (Fsp3) is 0.474. The summed E-state index contributed by atoms with van der Waals surface area (Å²) in [5.41, 5.74) is 2.65. The first-order valence-electron chi connectivity index (χ1n) is 8.74. The van der Waals surface area contributed by atoms with Gasteiger partial charge in [-0.25, -0.2) is 4.79 Å². The molecule has 1 aliphatic rings. The molecular weight excluding hydrogens is 389 g/mol. The van der Waals surface area contributed by atoms with Gasteiger partial charge in [-0.3, -0.25) is 10.1 Å². The van der Waals surface area contributed by atoms with Crippen molar-refractivity contribution in [2.24, 2.45) is 0 Å². The van der Waals surface area contributed by atoms with E-state index < -0.39 is 11.7 Å². The molecule has 0 bridgehead atoms. The van der Waals surface area contributed by atoms with Gasteiger partial charge in [0.05, 0.1) is 27.8 Å². The maximum atomic E-state index is 12.3. The van der Waals surface area contributed by atoms with Crippen molar-refractivity contribution in [2.45, 2.75) is 53.3 Å². The molecule has 0 spiro atoms. The summed E-state index contributed by atoms with van der Waals surface area (Å²) in [7, 11) is 0. The normalized spacial score (nSPS) is 14.3. The van der Waals surface area contributed by atoms with E-state index >= 15 is 0 Å². The SMILES string of the molecule is CC(=O)N1CCn2c(c(C)c3c(NC(=O)OC(C)(C)C)cc(Cl)c(Cl)c32)C1. The Morgan fingerprint density at radius 2 is 1.89 bits per heavy atom. The maximum Gasteiger partial charge on any atom is 0.412 e. The van der Waals surface area contributed by atoms with E-state index in [2.05, 4.69) is 9.88 Å². The molecule has 0 fully saturated rings. The zero-order valence-corrected chi connectivity index (χ0v) is 17.6. The van der Waals surface area contributed by atoms with Crippen LogP contribution in [0.15, 0.2) is 6.07 Å². The molecule has 2 heterocycles. The van der Waals surface area contributed by atoms with Crippen LogP contribution >= 0.6 is 23.2 Å². The van der Waals surface area contributed by atoms with E-state index in [0.29, 0.717) is 35.4 Å². The predicted octanol–water partition coefficient (Wildman–Crippen LogP) is 4.97. The number of nitrogens with zero attached hydrogens (tertiary/aromatic N) is 2. The largest absolute Gasteiger partial charge is 0.444 e. The Morgan fingerprint density at radius 1 is 1.22 bits per heavy atom. The molecule has 1 aromatic carbocycles. The van der Waals surface area contributed by atoms with Crippen molar-refractivity contribution in [3.8, 4) is 0 Å². The molecule has 6 nitrogen and oxygen atoms in total. The van der Waals surface area contributed by atoms with Gasteiger partial charge in [0.15, 0.2) is 0 Å². The van der Waals surface area contributed by atoms with Crippen LogP contribution in [0.4, 0.5) is 10.5 Å². The predicted molar refractivity (Wildman–Crippen MR) is 108 cm³/mol. The summed E-state index contributed by atoms with van der Waals surface area (Å²) in [5, 5.41) is 4.40. The quantitative estimate of drug-likeness (QED) is 0.720. The lowest BCUT2D eigenvalue weighted by atomic mass is 10.1. The summed E-state index contributed by atoms with van der Waals surface area (Å²) < 4.78 is 7.45. The number of aromatic nitrogens is 1. The number of rotatable bonds is 1. The Balaban J connectivity index is 2.13. The molecule has 8 heteroatoms. The summed E-state index contributed by atoms with van der Waals surface area (Å²) in [6.45, 7) is 10.6. The highest BCUT2D eigenvalue weighted by molar-refractivity contribution is 6.45. The standard InChI is InChI=1S/C19H23Cl2N3O3/c1-10-14-9-23(11(2)25)6-7-24(14)17-15(10)13(8-12(20)16(17)21)22-18(26)27-19(3,4)5/h8H,6-7,9H2,1-5H3,(H,22,26). The second-order valence-corrected chi connectivity index (χ2v) is 8.52. The molecule has 0 atom stereocenters. The average Bonchev–Trinajstić information content (AvgIpc) is 2.83. The third-order valence-electron chi connectivity index (χ3n) is 4.61. The van der Waals surface area contributed by atoms with Gasteiger partial charge < -0.3 is 14.2 Å². The Hall–Kier alpha value is -1.92. The first-order valence-corrected chi connectivity index (χ1v) is 9.50. The van der Waals surface area contributed by atoms with E-state index in [1.807, 2.05) is 6.92 Å². The average molecular weight is 412 g/mol. The molecule has 27 heavy (non-hydrogen) atoms. The van der Waals surface area contributed by atoms with Crippen molar-refractivity contribution in [3.05, 3.63) is 27.4 Å². The summed E-state index contributed by atoms with van der Waals surface area (Å²) in [6, 6.07) is 1.64. The highest BCUT2D eigenvalue weighted by atomic mass is 35.5. The van der Waals surface area contributed by atoms with Crippen LogP contribution in [0.2, 0.25) is 10.0 Å². The van der Waals surface area contributed by atoms with Crippen molar-refractivity contribution in [1.29, 1.82) is 0 Å². The molecule has 146 valence electrons. The molecule has 1 N–H and O–H groups in total. The lowest BCUT2D eigenvalue weighted by molar-refractivity contribution is -0.130.